The first-order valence-corrected chi connectivity index (χ1v) is 11.9. The molecular formula is C22H15BrClN3O4S2. The van der Waals surface area contributed by atoms with Gasteiger partial charge in [0.25, 0.3) is 5.91 Å². The molecule has 2 aromatic carbocycles. The first-order valence-electron chi connectivity index (χ1n) is 9.53. The standard InChI is InChI=1S/C22H15BrClN3O4S2/c23-13-5-6-16(15(24)8-13)25-19(28)10-26-9-12(14-3-1-2-4-17(14)26)7-18-21(31)27(11-20(29)30)22(32)33-18/h1-9H,10-11H2,(H,25,28)(H,29,30)/b18-7-. The van der Waals surface area contributed by atoms with Crippen molar-refractivity contribution in [2.24, 2.45) is 0 Å². The van der Waals surface area contributed by atoms with Crippen molar-refractivity contribution in [3.63, 3.8) is 0 Å². The molecule has 1 aliphatic rings. The molecule has 0 atom stereocenters. The Morgan fingerprint density at radius 1 is 1.21 bits per heavy atom. The lowest BCUT2D eigenvalue weighted by atomic mass is 10.1. The van der Waals surface area contributed by atoms with E-state index >= 15 is 0 Å². The summed E-state index contributed by atoms with van der Waals surface area (Å²) < 4.78 is 2.78. The average molecular weight is 565 g/mol. The van der Waals surface area contributed by atoms with Crippen molar-refractivity contribution < 1.29 is 19.5 Å². The van der Waals surface area contributed by atoms with Crippen LogP contribution in [0.5, 0.6) is 0 Å². The first kappa shape index (κ1) is 23.5. The lowest BCUT2D eigenvalue weighted by Gasteiger charge is -2.10. The number of carboxylic acids is 1. The molecule has 7 nitrogen and oxygen atoms in total. The highest BCUT2D eigenvalue weighted by molar-refractivity contribution is 9.10. The molecule has 3 aromatic rings. The molecule has 11 heteroatoms. The second-order valence-corrected chi connectivity index (χ2v) is 10.1. The van der Waals surface area contributed by atoms with Gasteiger partial charge < -0.3 is 15.0 Å². The maximum Gasteiger partial charge on any atom is 0.323 e. The zero-order valence-corrected chi connectivity index (χ0v) is 20.7. The van der Waals surface area contributed by atoms with Crippen LogP contribution >= 0.6 is 51.5 Å². The predicted molar refractivity (Wildman–Crippen MR) is 137 cm³/mol. The molecule has 1 saturated heterocycles. The number of aromatic nitrogens is 1. The zero-order valence-electron chi connectivity index (χ0n) is 16.7. The maximum absolute atomic E-state index is 12.7. The van der Waals surface area contributed by atoms with E-state index in [9.17, 15) is 14.4 Å². The molecule has 1 aliphatic heterocycles. The lowest BCUT2D eigenvalue weighted by Crippen LogP contribution is -2.33. The Hall–Kier alpha value is -2.66. The molecule has 33 heavy (non-hydrogen) atoms. The minimum atomic E-state index is -1.14. The summed E-state index contributed by atoms with van der Waals surface area (Å²) in [7, 11) is 0. The van der Waals surface area contributed by atoms with E-state index in [1.165, 1.54) is 0 Å². The minimum Gasteiger partial charge on any atom is -0.480 e. The van der Waals surface area contributed by atoms with E-state index in [4.69, 9.17) is 28.9 Å². The normalized spacial score (nSPS) is 15.0. The highest BCUT2D eigenvalue weighted by Gasteiger charge is 2.33. The Morgan fingerprint density at radius 3 is 2.70 bits per heavy atom. The van der Waals surface area contributed by atoms with E-state index in [0.29, 0.717) is 15.6 Å². The van der Waals surface area contributed by atoms with Gasteiger partial charge in [-0.05, 0) is 30.3 Å². The average Bonchev–Trinajstić information content (AvgIpc) is 3.22. The van der Waals surface area contributed by atoms with E-state index in [2.05, 4.69) is 21.2 Å². The minimum absolute atomic E-state index is 0.0285. The second kappa shape index (κ2) is 9.68. The molecular weight excluding hydrogens is 550 g/mol. The molecule has 0 spiro atoms. The second-order valence-electron chi connectivity index (χ2n) is 7.06. The number of nitrogens with one attached hydrogen (secondary N) is 1. The highest BCUT2D eigenvalue weighted by atomic mass is 79.9. The van der Waals surface area contributed by atoms with Crippen molar-refractivity contribution in [3.05, 3.63) is 68.6 Å². The van der Waals surface area contributed by atoms with E-state index in [1.807, 2.05) is 24.3 Å². The van der Waals surface area contributed by atoms with Gasteiger partial charge in [-0.2, -0.15) is 0 Å². The smallest absolute Gasteiger partial charge is 0.323 e. The van der Waals surface area contributed by atoms with Crippen molar-refractivity contribution in [3.8, 4) is 0 Å². The summed E-state index contributed by atoms with van der Waals surface area (Å²) >= 11 is 15.7. The van der Waals surface area contributed by atoms with Crippen LogP contribution in [-0.2, 0) is 20.9 Å². The third kappa shape index (κ3) is 5.14. The number of carbonyl (C=O) groups is 3. The Balaban J connectivity index is 1.61. The molecule has 1 aromatic heterocycles. The summed E-state index contributed by atoms with van der Waals surface area (Å²) in [5.41, 5.74) is 2.03. The summed E-state index contributed by atoms with van der Waals surface area (Å²) in [4.78, 5) is 37.8. The Kier molecular flexibility index (Phi) is 6.89. The molecule has 0 aliphatic carbocycles. The molecule has 2 amide bonds. The van der Waals surface area contributed by atoms with Crippen LogP contribution in [0.3, 0.4) is 0 Å². The molecule has 0 saturated carbocycles. The van der Waals surface area contributed by atoms with Crippen LogP contribution in [0.2, 0.25) is 5.02 Å². The topological polar surface area (TPSA) is 91.6 Å². The number of fused-ring (bicyclic) bond motifs is 1. The molecule has 2 heterocycles. The van der Waals surface area contributed by atoms with Crippen molar-refractivity contribution in [2.45, 2.75) is 6.54 Å². The van der Waals surface area contributed by atoms with Crippen molar-refractivity contribution >= 4 is 96.3 Å². The van der Waals surface area contributed by atoms with E-state index < -0.39 is 18.4 Å². The van der Waals surface area contributed by atoms with Gasteiger partial charge in [-0.25, -0.2) is 0 Å². The number of carbonyl (C=O) groups excluding carboxylic acids is 2. The van der Waals surface area contributed by atoms with Crippen LogP contribution in [0.25, 0.3) is 17.0 Å². The number of benzene rings is 2. The number of nitrogens with zero attached hydrogens (tertiary/aromatic N) is 2. The zero-order chi connectivity index (χ0) is 23.7. The fourth-order valence-electron chi connectivity index (χ4n) is 3.37. The van der Waals surface area contributed by atoms with Crippen LogP contribution in [0, 0.1) is 0 Å². The van der Waals surface area contributed by atoms with Gasteiger partial charge in [-0.3, -0.25) is 19.3 Å². The van der Waals surface area contributed by atoms with Crippen molar-refractivity contribution in [2.75, 3.05) is 11.9 Å². The van der Waals surface area contributed by atoms with Crippen LogP contribution in [-0.4, -0.2) is 43.2 Å². The number of thiocarbonyl (C=S) groups is 1. The quantitative estimate of drug-likeness (QED) is 0.324. The van der Waals surface area contributed by atoms with Gasteiger partial charge in [0, 0.05) is 27.1 Å². The molecule has 0 bridgehead atoms. The predicted octanol–water partition coefficient (Wildman–Crippen LogP) is 4.98. The number of hydrogen-bond donors (Lipinski definition) is 2. The summed E-state index contributed by atoms with van der Waals surface area (Å²) in [5.74, 6) is -1.85. The van der Waals surface area contributed by atoms with Crippen LogP contribution < -0.4 is 5.32 Å². The SMILES string of the molecule is O=C(O)CN1C(=O)/C(=C/c2cn(CC(=O)Nc3ccc(Br)cc3Cl)c3ccccc23)SC1=S. The molecule has 0 unspecified atom stereocenters. The van der Waals surface area contributed by atoms with Crippen molar-refractivity contribution in [1.82, 2.24) is 9.47 Å². The number of halogens is 2. The molecule has 1 fully saturated rings. The highest BCUT2D eigenvalue weighted by Crippen LogP contribution is 2.34. The number of carboxylic acid groups (broad SMARTS) is 1. The monoisotopic (exact) mass is 563 g/mol. The fraction of sp³-hybridized carbons (Fsp3) is 0.0909. The van der Waals surface area contributed by atoms with Crippen LogP contribution in [0.15, 0.2) is 58.0 Å². The van der Waals surface area contributed by atoms with E-state index in [0.717, 1.165) is 37.6 Å². The summed E-state index contributed by atoms with van der Waals surface area (Å²) in [5, 5.41) is 13.1. The van der Waals surface area contributed by atoms with E-state index in [-0.39, 0.29) is 16.8 Å². The number of thioether (sulfide) groups is 1. The molecule has 0 radical (unpaired) electrons. The Morgan fingerprint density at radius 2 is 1.97 bits per heavy atom. The van der Waals surface area contributed by atoms with E-state index in [1.54, 1.807) is 35.0 Å². The van der Waals surface area contributed by atoms with Crippen molar-refractivity contribution in [1.29, 1.82) is 0 Å². The molecule has 2 N–H and O–H groups in total. The molecule has 168 valence electrons. The van der Waals surface area contributed by atoms with Gasteiger partial charge in [0.1, 0.15) is 17.4 Å². The summed E-state index contributed by atoms with van der Waals surface area (Å²) in [6.45, 7) is -0.455. The lowest BCUT2D eigenvalue weighted by molar-refractivity contribution is -0.140. The number of amides is 2. The van der Waals surface area contributed by atoms with Crippen LogP contribution in [0.1, 0.15) is 5.56 Å². The largest absolute Gasteiger partial charge is 0.480 e. The third-order valence-electron chi connectivity index (χ3n) is 4.79. The van der Waals surface area contributed by atoms with Gasteiger partial charge >= 0.3 is 5.97 Å². The van der Waals surface area contributed by atoms with Crippen LogP contribution in [0.4, 0.5) is 5.69 Å². The summed E-state index contributed by atoms with van der Waals surface area (Å²) in [6.07, 6.45) is 3.45. The van der Waals surface area contributed by atoms with Gasteiger partial charge in [0.2, 0.25) is 5.91 Å². The molecule has 4 rings (SSSR count). The third-order valence-corrected chi connectivity index (χ3v) is 6.98. The number of rotatable bonds is 6. The van der Waals surface area contributed by atoms with Gasteiger partial charge in [-0.15, -0.1) is 0 Å². The number of hydrogen-bond acceptors (Lipinski definition) is 5. The number of para-hydroxylation sites is 1. The van der Waals surface area contributed by atoms with Gasteiger partial charge in [0.05, 0.1) is 15.6 Å². The fourth-order valence-corrected chi connectivity index (χ4v) is 5.34. The van der Waals surface area contributed by atoms with Gasteiger partial charge in [-0.1, -0.05) is 69.7 Å². The number of anilines is 1. The first-order chi connectivity index (χ1) is 15.7. The summed E-state index contributed by atoms with van der Waals surface area (Å²) in [6, 6.07) is 12.7. The number of aliphatic carboxylic acids is 1. The maximum atomic E-state index is 12.7. The Labute approximate surface area is 211 Å². The van der Waals surface area contributed by atoms with Gasteiger partial charge in [0.15, 0.2) is 0 Å². The Bertz CT molecular complexity index is 1350.